The number of ether oxygens (including phenoxy) is 2. The topological polar surface area (TPSA) is 50.8 Å². The number of carbonyl (C=O) groups excluding carboxylic acids is 1. The molecule has 138 valence electrons. The third-order valence-electron chi connectivity index (χ3n) is 6.26. The van der Waals surface area contributed by atoms with Crippen LogP contribution >= 0.6 is 0 Å². The van der Waals surface area contributed by atoms with Gasteiger partial charge in [-0.15, -0.1) is 0 Å². The average molecular weight is 338 g/mol. The molecule has 3 fully saturated rings. The number of rotatable bonds is 6. The second-order valence-electron chi connectivity index (χ2n) is 7.73. The highest BCUT2D eigenvalue weighted by molar-refractivity contribution is 5.76. The molecular weight excluding hydrogens is 304 g/mol. The first kappa shape index (κ1) is 18.2. The Bertz CT molecular complexity index is 397. The summed E-state index contributed by atoms with van der Waals surface area (Å²) in [4.78, 5) is 15.1. The van der Waals surface area contributed by atoms with E-state index in [-0.39, 0.29) is 17.5 Å². The molecule has 2 saturated heterocycles. The first-order chi connectivity index (χ1) is 11.7. The monoisotopic (exact) mass is 338 g/mol. The number of nitrogens with one attached hydrogen (secondary N) is 1. The molecule has 24 heavy (non-hydrogen) atoms. The zero-order chi connectivity index (χ0) is 16.8. The van der Waals surface area contributed by atoms with E-state index in [2.05, 4.69) is 17.1 Å². The summed E-state index contributed by atoms with van der Waals surface area (Å²) in [6, 6.07) is 0.206. The zero-order valence-corrected chi connectivity index (χ0v) is 15.2. The summed E-state index contributed by atoms with van der Waals surface area (Å²) >= 11 is 0. The van der Waals surface area contributed by atoms with Gasteiger partial charge in [0, 0.05) is 37.7 Å². The molecule has 3 aliphatic rings. The Balaban J connectivity index is 1.51. The number of hydrogen-bond acceptors (Lipinski definition) is 4. The highest BCUT2D eigenvalue weighted by Crippen LogP contribution is 2.38. The molecular formula is C19H34N2O3. The maximum absolute atomic E-state index is 12.5. The van der Waals surface area contributed by atoms with Crippen molar-refractivity contribution in [2.24, 2.45) is 0 Å². The van der Waals surface area contributed by atoms with Crippen molar-refractivity contribution in [1.29, 1.82) is 0 Å². The first-order valence-electron chi connectivity index (χ1n) is 9.94. The Morgan fingerprint density at radius 1 is 1.17 bits per heavy atom. The molecule has 1 N–H and O–H groups in total. The number of hydrogen-bond donors (Lipinski definition) is 1. The largest absolute Gasteiger partial charge is 0.379 e. The lowest BCUT2D eigenvalue weighted by Crippen LogP contribution is -2.62. The summed E-state index contributed by atoms with van der Waals surface area (Å²) in [5.41, 5.74) is 0.140. The van der Waals surface area contributed by atoms with Gasteiger partial charge < -0.3 is 14.8 Å². The van der Waals surface area contributed by atoms with Crippen LogP contribution in [0.4, 0.5) is 0 Å². The maximum Gasteiger partial charge on any atom is 0.220 e. The maximum atomic E-state index is 12.5. The van der Waals surface area contributed by atoms with Gasteiger partial charge in [0.1, 0.15) is 0 Å². The van der Waals surface area contributed by atoms with E-state index in [4.69, 9.17) is 9.47 Å². The highest BCUT2D eigenvalue weighted by Gasteiger charge is 2.44. The Morgan fingerprint density at radius 2 is 1.92 bits per heavy atom. The van der Waals surface area contributed by atoms with Crippen LogP contribution in [0, 0.1) is 0 Å². The number of nitrogens with zero attached hydrogens (tertiary/aromatic N) is 1. The molecule has 2 atom stereocenters. The predicted molar refractivity (Wildman–Crippen MR) is 94.0 cm³/mol. The lowest BCUT2D eigenvalue weighted by atomic mass is 9.86. The van der Waals surface area contributed by atoms with Crippen molar-refractivity contribution in [3.8, 4) is 0 Å². The molecule has 0 unspecified atom stereocenters. The van der Waals surface area contributed by atoms with E-state index in [1.165, 1.54) is 38.5 Å². The fourth-order valence-corrected chi connectivity index (χ4v) is 4.79. The minimum Gasteiger partial charge on any atom is -0.379 e. The summed E-state index contributed by atoms with van der Waals surface area (Å²) in [6.07, 6.45) is 10.2. The van der Waals surface area contributed by atoms with Gasteiger partial charge in [0.25, 0.3) is 0 Å². The molecule has 0 aromatic rings. The van der Waals surface area contributed by atoms with Crippen LogP contribution in [0.5, 0.6) is 0 Å². The number of morpholine rings is 1. The molecule has 0 bridgehead atoms. The van der Waals surface area contributed by atoms with Crippen molar-refractivity contribution >= 4 is 5.91 Å². The summed E-state index contributed by atoms with van der Waals surface area (Å²) in [6.45, 7) is 6.70. The van der Waals surface area contributed by atoms with Crippen LogP contribution in [-0.4, -0.2) is 61.4 Å². The molecule has 1 aliphatic carbocycles. The Kier molecular flexibility index (Phi) is 6.53. The fourth-order valence-electron chi connectivity index (χ4n) is 4.79. The lowest BCUT2D eigenvalue weighted by molar-refractivity contribution is -0.124. The second-order valence-corrected chi connectivity index (χ2v) is 7.73. The quantitative estimate of drug-likeness (QED) is 0.808. The van der Waals surface area contributed by atoms with Crippen molar-refractivity contribution in [3.63, 3.8) is 0 Å². The number of carbonyl (C=O) groups is 1. The highest BCUT2D eigenvalue weighted by atomic mass is 16.5. The molecule has 1 saturated carbocycles. The van der Waals surface area contributed by atoms with Gasteiger partial charge in [-0.3, -0.25) is 9.69 Å². The molecule has 5 heteroatoms. The van der Waals surface area contributed by atoms with Crippen molar-refractivity contribution in [2.45, 2.75) is 82.4 Å². The van der Waals surface area contributed by atoms with Crippen molar-refractivity contribution < 1.29 is 14.3 Å². The van der Waals surface area contributed by atoms with E-state index in [9.17, 15) is 4.79 Å². The lowest BCUT2D eigenvalue weighted by Gasteiger charge is -2.47. The molecule has 2 aliphatic heterocycles. The van der Waals surface area contributed by atoms with E-state index in [0.717, 1.165) is 45.8 Å². The van der Waals surface area contributed by atoms with E-state index in [0.29, 0.717) is 12.5 Å². The van der Waals surface area contributed by atoms with E-state index in [1.54, 1.807) is 0 Å². The summed E-state index contributed by atoms with van der Waals surface area (Å²) < 4.78 is 11.3. The van der Waals surface area contributed by atoms with E-state index < -0.39 is 0 Å². The SMILES string of the molecule is C[C@@H](NC(=O)CC[C@@H]1CCCCO1)C1(N2CCOCC2)CCCC1. The van der Waals surface area contributed by atoms with E-state index >= 15 is 0 Å². The van der Waals surface area contributed by atoms with Crippen molar-refractivity contribution in [1.82, 2.24) is 10.2 Å². The van der Waals surface area contributed by atoms with Crippen LogP contribution < -0.4 is 5.32 Å². The van der Waals surface area contributed by atoms with Gasteiger partial charge in [0.05, 0.1) is 19.3 Å². The molecule has 0 aromatic heterocycles. The molecule has 1 amide bonds. The van der Waals surface area contributed by atoms with Crippen LogP contribution in [-0.2, 0) is 14.3 Å². The van der Waals surface area contributed by atoms with Crippen LogP contribution in [0.1, 0.15) is 64.7 Å². The zero-order valence-electron chi connectivity index (χ0n) is 15.2. The first-order valence-corrected chi connectivity index (χ1v) is 9.94. The number of amides is 1. The summed E-state index contributed by atoms with van der Waals surface area (Å²) in [5, 5.41) is 3.32. The molecule has 3 rings (SSSR count). The molecule has 0 aromatic carbocycles. The Labute approximate surface area is 146 Å². The van der Waals surface area contributed by atoms with Crippen LogP contribution in [0.3, 0.4) is 0 Å². The van der Waals surface area contributed by atoms with Gasteiger partial charge in [-0.2, -0.15) is 0 Å². The van der Waals surface area contributed by atoms with Gasteiger partial charge in [0.2, 0.25) is 5.91 Å². The molecule has 0 radical (unpaired) electrons. The third kappa shape index (κ3) is 4.30. The Morgan fingerprint density at radius 3 is 2.58 bits per heavy atom. The minimum atomic E-state index is 0.140. The summed E-state index contributed by atoms with van der Waals surface area (Å²) in [5.74, 6) is 0.191. The van der Waals surface area contributed by atoms with Gasteiger partial charge in [-0.05, 0) is 45.4 Å². The van der Waals surface area contributed by atoms with Crippen LogP contribution in [0.2, 0.25) is 0 Å². The van der Waals surface area contributed by atoms with E-state index in [1.807, 2.05) is 0 Å². The Hall–Kier alpha value is -0.650. The van der Waals surface area contributed by atoms with Crippen molar-refractivity contribution in [3.05, 3.63) is 0 Å². The third-order valence-corrected chi connectivity index (χ3v) is 6.26. The average Bonchev–Trinajstić information content (AvgIpc) is 3.13. The molecule has 2 heterocycles. The standard InChI is InChI=1S/C19H34N2O3/c1-16(20-18(22)8-7-17-6-2-5-13-24-17)19(9-3-4-10-19)21-11-14-23-15-12-21/h16-17H,2-15H2,1H3,(H,20,22)/t16-,17+/m1/s1. The second kappa shape index (κ2) is 8.63. The van der Waals surface area contributed by atoms with Gasteiger partial charge >= 0.3 is 0 Å². The molecule has 5 nitrogen and oxygen atoms in total. The van der Waals surface area contributed by atoms with Crippen LogP contribution in [0.25, 0.3) is 0 Å². The summed E-state index contributed by atoms with van der Waals surface area (Å²) in [7, 11) is 0. The van der Waals surface area contributed by atoms with Crippen molar-refractivity contribution in [2.75, 3.05) is 32.9 Å². The van der Waals surface area contributed by atoms with Gasteiger partial charge in [-0.25, -0.2) is 0 Å². The predicted octanol–water partition coefficient (Wildman–Crippen LogP) is 2.49. The smallest absolute Gasteiger partial charge is 0.220 e. The van der Waals surface area contributed by atoms with Gasteiger partial charge in [-0.1, -0.05) is 12.8 Å². The van der Waals surface area contributed by atoms with Gasteiger partial charge in [0.15, 0.2) is 0 Å². The normalized spacial score (nSPS) is 29.3. The fraction of sp³-hybridized carbons (Fsp3) is 0.947. The molecule has 0 spiro atoms. The van der Waals surface area contributed by atoms with Crippen LogP contribution in [0.15, 0.2) is 0 Å². The minimum absolute atomic E-state index is 0.140.